The molecule has 4 aliphatic rings. The van der Waals surface area contributed by atoms with Crippen molar-refractivity contribution in [3.05, 3.63) is 11.6 Å². The first-order valence-electron chi connectivity index (χ1n) is 9.97. The van der Waals surface area contributed by atoms with Gasteiger partial charge in [0.15, 0.2) is 11.6 Å². The van der Waals surface area contributed by atoms with E-state index in [-0.39, 0.29) is 23.0 Å². The first kappa shape index (κ1) is 18.3. The van der Waals surface area contributed by atoms with E-state index in [4.69, 9.17) is 0 Å². The van der Waals surface area contributed by atoms with Gasteiger partial charge in [0.05, 0.1) is 6.10 Å². The van der Waals surface area contributed by atoms with Gasteiger partial charge in [0.1, 0.15) is 12.2 Å². The normalized spacial score (nSPS) is 50.5. The van der Waals surface area contributed by atoms with Crippen LogP contribution in [0.2, 0.25) is 0 Å². The van der Waals surface area contributed by atoms with Crippen molar-refractivity contribution in [2.45, 2.75) is 70.5 Å². The molecule has 3 N–H and O–H groups in total. The molecule has 5 heteroatoms. The minimum atomic E-state index is -1.46. The molecule has 0 aliphatic heterocycles. The van der Waals surface area contributed by atoms with E-state index in [9.17, 15) is 24.9 Å². The maximum absolute atomic E-state index is 12.4. The Bertz CT molecular complexity index is 684. The monoisotopic (exact) mass is 362 g/mol. The highest BCUT2D eigenvalue weighted by atomic mass is 16.3. The smallest absolute Gasteiger partial charge is 0.190 e. The Hall–Kier alpha value is -1.04. The quantitative estimate of drug-likeness (QED) is 0.696. The van der Waals surface area contributed by atoms with E-state index >= 15 is 0 Å². The van der Waals surface area contributed by atoms with Gasteiger partial charge >= 0.3 is 0 Å². The van der Waals surface area contributed by atoms with Crippen molar-refractivity contribution in [3.8, 4) is 0 Å². The lowest BCUT2D eigenvalue weighted by Crippen LogP contribution is -2.59. The van der Waals surface area contributed by atoms with Crippen molar-refractivity contribution < 1.29 is 24.9 Å². The minimum Gasteiger partial charge on any atom is -0.389 e. The molecule has 3 saturated carbocycles. The molecule has 0 amide bonds. The van der Waals surface area contributed by atoms with Crippen LogP contribution in [0, 0.1) is 28.6 Å². The van der Waals surface area contributed by atoms with Gasteiger partial charge in [-0.05, 0) is 73.3 Å². The van der Waals surface area contributed by atoms with Gasteiger partial charge in [-0.1, -0.05) is 13.8 Å². The number of hydrogen-bond acceptors (Lipinski definition) is 5. The Balaban J connectivity index is 1.72. The van der Waals surface area contributed by atoms with Gasteiger partial charge in [-0.3, -0.25) is 9.59 Å². The number of carbonyl (C=O) groups is 2. The number of rotatable bonds is 2. The lowest BCUT2D eigenvalue weighted by Gasteiger charge is -2.59. The predicted octanol–water partition coefficient (Wildman–Crippen LogP) is 1.78. The number of carbonyl (C=O) groups excluding carboxylic acids is 2. The first-order valence-corrected chi connectivity index (χ1v) is 9.97. The number of aliphatic hydroxyl groups is 3. The number of hydrogen-bond donors (Lipinski definition) is 3. The maximum atomic E-state index is 12.4. The fourth-order valence-corrected chi connectivity index (χ4v) is 7.21. The molecule has 0 aromatic carbocycles. The van der Waals surface area contributed by atoms with E-state index < -0.39 is 29.5 Å². The van der Waals surface area contributed by atoms with Crippen molar-refractivity contribution in [2.75, 3.05) is 6.61 Å². The molecule has 0 aromatic rings. The summed E-state index contributed by atoms with van der Waals surface area (Å²) in [5.41, 5.74) is -1.27. The summed E-state index contributed by atoms with van der Waals surface area (Å²) < 4.78 is 0. The summed E-state index contributed by atoms with van der Waals surface area (Å²) in [6, 6.07) is 0. The second-order valence-electron chi connectivity index (χ2n) is 9.55. The average molecular weight is 362 g/mol. The third-order valence-corrected chi connectivity index (χ3v) is 8.73. The van der Waals surface area contributed by atoms with Gasteiger partial charge < -0.3 is 15.3 Å². The second-order valence-corrected chi connectivity index (χ2v) is 9.55. The Kier molecular flexibility index (Phi) is 4.04. The van der Waals surface area contributed by atoms with Gasteiger partial charge in [0.2, 0.25) is 0 Å². The Labute approximate surface area is 154 Å². The van der Waals surface area contributed by atoms with Crippen LogP contribution in [0.5, 0.6) is 0 Å². The molecule has 4 aliphatic carbocycles. The van der Waals surface area contributed by atoms with E-state index in [1.807, 2.05) is 6.92 Å². The van der Waals surface area contributed by atoms with Gasteiger partial charge in [-0.15, -0.1) is 0 Å². The summed E-state index contributed by atoms with van der Waals surface area (Å²) in [7, 11) is 0. The zero-order chi connectivity index (χ0) is 18.9. The number of fused-ring (bicyclic) bond motifs is 5. The summed E-state index contributed by atoms with van der Waals surface area (Å²) in [4.78, 5) is 24.3. The third-order valence-electron chi connectivity index (χ3n) is 8.73. The summed E-state index contributed by atoms with van der Waals surface area (Å²) in [6.07, 6.45) is 5.74. The molecule has 144 valence electrons. The standard InChI is InChI=1S/C21H30O5/c1-19-6-3-12(23)9-16(19)17(24)10-13-14(19)4-7-20(2)15(13)5-8-21(20,26)18(25)11-22/h9,13-15,17,22,24,26H,3-8,10-11H2,1-2H3/t13-,14+,15-,17+,19-,20-,21+/m1/s1. The van der Waals surface area contributed by atoms with E-state index in [0.29, 0.717) is 25.2 Å². The summed E-state index contributed by atoms with van der Waals surface area (Å²) in [5.74, 6) is 0.411. The van der Waals surface area contributed by atoms with Crippen molar-refractivity contribution in [1.82, 2.24) is 0 Å². The molecule has 0 aromatic heterocycles. The van der Waals surface area contributed by atoms with Crippen LogP contribution in [0.25, 0.3) is 0 Å². The molecule has 0 heterocycles. The van der Waals surface area contributed by atoms with Gasteiger partial charge in [0, 0.05) is 11.8 Å². The Morgan fingerprint density at radius 2 is 1.88 bits per heavy atom. The molecule has 0 saturated heterocycles. The molecular weight excluding hydrogens is 332 g/mol. The van der Waals surface area contributed by atoms with Crippen LogP contribution in [0.3, 0.4) is 0 Å². The van der Waals surface area contributed by atoms with E-state index in [2.05, 4.69) is 6.92 Å². The van der Waals surface area contributed by atoms with Crippen molar-refractivity contribution in [2.24, 2.45) is 28.6 Å². The molecule has 7 atom stereocenters. The minimum absolute atomic E-state index is 0.111. The predicted molar refractivity (Wildman–Crippen MR) is 95.1 cm³/mol. The molecule has 0 radical (unpaired) electrons. The van der Waals surface area contributed by atoms with Gasteiger partial charge in [-0.2, -0.15) is 0 Å². The first-order chi connectivity index (χ1) is 12.2. The van der Waals surface area contributed by atoms with Crippen LogP contribution in [0.4, 0.5) is 0 Å². The lowest BCUT2D eigenvalue weighted by molar-refractivity contribution is -0.166. The van der Waals surface area contributed by atoms with Gasteiger partial charge in [-0.25, -0.2) is 0 Å². The topological polar surface area (TPSA) is 94.8 Å². The Morgan fingerprint density at radius 3 is 2.58 bits per heavy atom. The average Bonchev–Trinajstić information content (AvgIpc) is 2.88. The fraction of sp³-hybridized carbons (Fsp3) is 0.810. The summed E-state index contributed by atoms with van der Waals surface area (Å²) in [5, 5.41) is 31.4. The second kappa shape index (κ2) is 5.73. The zero-order valence-electron chi connectivity index (χ0n) is 15.7. The fourth-order valence-electron chi connectivity index (χ4n) is 7.21. The van der Waals surface area contributed by atoms with Crippen molar-refractivity contribution >= 4 is 11.6 Å². The molecule has 0 unspecified atom stereocenters. The molecule has 3 fully saturated rings. The van der Waals surface area contributed by atoms with Crippen LogP contribution in [0.1, 0.15) is 58.8 Å². The van der Waals surface area contributed by atoms with Crippen LogP contribution in [0.15, 0.2) is 11.6 Å². The highest BCUT2D eigenvalue weighted by molar-refractivity contribution is 5.92. The SMILES string of the molecule is C[C@]12CCC(=O)C=C1[C@@H](O)C[C@H]1[C@H]3CC[C@](O)(C(=O)CO)[C@]3(C)CC[C@@H]12. The number of ketones is 2. The zero-order valence-corrected chi connectivity index (χ0v) is 15.7. The lowest BCUT2D eigenvalue weighted by atomic mass is 9.45. The number of aliphatic hydroxyl groups excluding tert-OH is 2. The molecule has 0 spiro atoms. The van der Waals surface area contributed by atoms with Crippen molar-refractivity contribution in [3.63, 3.8) is 0 Å². The Morgan fingerprint density at radius 1 is 1.19 bits per heavy atom. The molecule has 0 bridgehead atoms. The highest BCUT2D eigenvalue weighted by Crippen LogP contribution is 2.67. The summed E-state index contributed by atoms with van der Waals surface area (Å²) >= 11 is 0. The largest absolute Gasteiger partial charge is 0.389 e. The maximum Gasteiger partial charge on any atom is 0.190 e. The van der Waals surface area contributed by atoms with Gasteiger partial charge in [0.25, 0.3) is 0 Å². The molecule has 5 nitrogen and oxygen atoms in total. The molecular formula is C21H30O5. The van der Waals surface area contributed by atoms with Crippen LogP contribution in [-0.2, 0) is 9.59 Å². The number of Topliss-reactive ketones (excluding diaryl/α,β-unsaturated/α-hetero) is 1. The molecule has 4 rings (SSSR count). The van der Waals surface area contributed by atoms with E-state index in [1.165, 1.54) is 0 Å². The third kappa shape index (κ3) is 2.14. The van der Waals surface area contributed by atoms with Crippen LogP contribution in [-0.4, -0.2) is 45.2 Å². The molecule has 26 heavy (non-hydrogen) atoms. The van der Waals surface area contributed by atoms with Crippen LogP contribution >= 0.6 is 0 Å². The van der Waals surface area contributed by atoms with E-state index in [1.54, 1.807) is 6.08 Å². The summed E-state index contributed by atoms with van der Waals surface area (Å²) in [6.45, 7) is 3.56. The van der Waals surface area contributed by atoms with Crippen molar-refractivity contribution in [1.29, 1.82) is 0 Å². The van der Waals surface area contributed by atoms with Crippen LogP contribution < -0.4 is 0 Å². The highest BCUT2D eigenvalue weighted by Gasteiger charge is 2.66. The van der Waals surface area contributed by atoms with E-state index in [0.717, 1.165) is 31.3 Å².